The van der Waals surface area contributed by atoms with Crippen molar-refractivity contribution < 1.29 is 33.2 Å². The molecule has 0 saturated carbocycles. The summed E-state index contributed by atoms with van der Waals surface area (Å²) >= 11 is 0. The highest BCUT2D eigenvalue weighted by atomic mass is 31.2. The number of imidazole rings is 1. The average Bonchev–Trinajstić information content (AvgIpc) is 3.98. The minimum Gasteiger partial charge on any atom is -0.497 e. The third-order valence-electron chi connectivity index (χ3n) is 13.2. The lowest BCUT2D eigenvalue weighted by atomic mass is 9.80. The number of nitrogens with zero attached hydrogens (tertiary/aromatic N) is 5. The highest BCUT2D eigenvalue weighted by Gasteiger charge is 2.51. The molecule has 8 rings (SSSR count). The molecule has 6 aromatic rings. The zero-order valence-electron chi connectivity index (χ0n) is 40.8. The normalized spacial score (nSPS) is 19.3. The third kappa shape index (κ3) is 9.38. The number of nitrogens with one attached hydrogen (secondary N) is 2. The molecule has 1 saturated heterocycles. The molecule has 4 atom stereocenters. The van der Waals surface area contributed by atoms with Gasteiger partial charge in [0.2, 0.25) is 0 Å². The summed E-state index contributed by atoms with van der Waals surface area (Å²) in [6, 6.07) is 31.4. The lowest BCUT2D eigenvalue weighted by molar-refractivity contribution is -0.266. The fourth-order valence-corrected chi connectivity index (χ4v) is 11.6. The van der Waals surface area contributed by atoms with Crippen LogP contribution in [0.5, 0.6) is 11.5 Å². The summed E-state index contributed by atoms with van der Waals surface area (Å²) < 4.78 is 42.3. The van der Waals surface area contributed by atoms with E-state index < -0.39 is 54.9 Å². The zero-order valence-corrected chi connectivity index (χ0v) is 41.7. The number of hydroxylamine groups is 2. The van der Waals surface area contributed by atoms with Gasteiger partial charge in [-0.05, 0) is 120 Å². The summed E-state index contributed by atoms with van der Waals surface area (Å²) in [6.07, 6.45) is -0.668. The molecule has 4 aromatic carbocycles. The Bertz CT molecular complexity index is 2800. The SMILES string of the molecule is COc1ccc(C(OC[C@H]2O[C@@H](n3cc(-c4nc5cc6c(cc5[nH]4)C(C)(C)N([O])C6(C)C)c(=O)[nH]c3=O)C[C@@H]2OP(OCCC#N)N(C(C)C)C(C)C)(c2ccccc2)c2ccc(OC)cc2)cc1. The number of nitriles is 1. The Balaban J connectivity index is 1.21. The number of ether oxygens (including phenoxy) is 4. The first kappa shape index (κ1) is 49.7. The van der Waals surface area contributed by atoms with Crippen molar-refractivity contribution in [2.75, 3.05) is 27.4 Å². The Morgan fingerprint density at radius 1 is 0.870 bits per heavy atom. The third-order valence-corrected chi connectivity index (χ3v) is 15.3. The van der Waals surface area contributed by atoms with Crippen LogP contribution in [0.3, 0.4) is 0 Å². The molecule has 17 heteroatoms. The van der Waals surface area contributed by atoms with Crippen molar-refractivity contribution in [1.82, 2.24) is 29.3 Å². The number of aromatic nitrogens is 4. The minimum atomic E-state index is -1.77. The predicted molar refractivity (Wildman–Crippen MR) is 262 cm³/mol. The van der Waals surface area contributed by atoms with Crippen molar-refractivity contribution in [2.45, 2.75) is 115 Å². The number of fused-ring (bicyclic) bond motifs is 2. The van der Waals surface area contributed by atoms with Gasteiger partial charge in [0.15, 0.2) is 0 Å². The van der Waals surface area contributed by atoms with Gasteiger partial charge in [0.05, 0.1) is 73.7 Å². The molecule has 0 aliphatic carbocycles. The van der Waals surface area contributed by atoms with Gasteiger partial charge in [-0.25, -0.2) is 14.4 Å². The summed E-state index contributed by atoms with van der Waals surface area (Å²) in [5.74, 6) is 1.60. The van der Waals surface area contributed by atoms with E-state index in [1.807, 2.05) is 119 Å². The number of benzene rings is 4. The quantitative estimate of drug-likeness (QED) is 0.0473. The molecule has 4 heterocycles. The van der Waals surface area contributed by atoms with E-state index >= 15 is 0 Å². The van der Waals surface area contributed by atoms with E-state index in [1.165, 1.54) is 10.8 Å². The molecule has 69 heavy (non-hydrogen) atoms. The van der Waals surface area contributed by atoms with Gasteiger partial charge in [-0.3, -0.25) is 14.3 Å². The largest absolute Gasteiger partial charge is 0.497 e. The smallest absolute Gasteiger partial charge is 0.330 e. The van der Waals surface area contributed by atoms with E-state index in [0.717, 1.165) is 32.9 Å². The summed E-state index contributed by atoms with van der Waals surface area (Å²) in [6.45, 7) is 15.9. The number of rotatable bonds is 18. The molecule has 1 unspecified atom stereocenters. The standard InChI is InChI=1S/C52H61N7O9P/c1-32(2)58(33(3)4)69(66-26-14-25-53)68-44-29-46(57-30-39(48(60)56-49(57)61)47-54-42-27-40-41(28-43(42)55-47)51(7,8)59(62)50(40,5)6)67-45(44)31-65-52(34-15-12-11-13-16-34,35-17-21-37(63-9)22-18-35)36-19-23-38(64-10)24-20-36/h11-13,15-24,27-28,30,32-33,44-46H,14,26,29,31H2,1-10H3,(H,54,55)(H,56,60,61)/t44-,45+,46+,69?/m0/s1. The highest BCUT2D eigenvalue weighted by Crippen LogP contribution is 2.52. The second-order valence-electron chi connectivity index (χ2n) is 19.0. The predicted octanol–water partition coefficient (Wildman–Crippen LogP) is 9.19. The summed E-state index contributed by atoms with van der Waals surface area (Å²) in [5, 5.41) is 24.0. The molecule has 0 spiro atoms. The maximum atomic E-state index is 14.0. The summed E-state index contributed by atoms with van der Waals surface area (Å²) in [7, 11) is 1.47. The van der Waals surface area contributed by atoms with Gasteiger partial charge in [0, 0.05) is 24.7 Å². The van der Waals surface area contributed by atoms with Crippen LogP contribution in [0.2, 0.25) is 0 Å². The molecule has 1 fully saturated rings. The first-order chi connectivity index (χ1) is 32.9. The lowest BCUT2D eigenvalue weighted by Gasteiger charge is -2.39. The second-order valence-corrected chi connectivity index (χ2v) is 20.4. The highest BCUT2D eigenvalue weighted by molar-refractivity contribution is 7.44. The lowest BCUT2D eigenvalue weighted by Crippen LogP contribution is -2.41. The Morgan fingerprint density at radius 2 is 1.45 bits per heavy atom. The molecular weight excluding hydrogens is 898 g/mol. The van der Waals surface area contributed by atoms with Crippen LogP contribution in [0.1, 0.15) is 102 Å². The van der Waals surface area contributed by atoms with Crippen molar-refractivity contribution in [3.63, 3.8) is 0 Å². The van der Waals surface area contributed by atoms with Gasteiger partial charge in [-0.1, -0.05) is 54.6 Å². The topological polar surface area (TPSA) is 189 Å². The molecule has 2 aliphatic rings. The molecule has 0 bridgehead atoms. The summed E-state index contributed by atoms with van der Waals surface area (Å²) in [4.78, 5) is 38.3. The van der Waals surface area contributed by atoms with Gasteiger partial charge < -0.3 is 33.0 Å². The van der Waals surface area contributed by atoms with Crippen molar-refractivity contribution in [3.05, 3.63) is 146 Å². The maximum Gasteiger partial charge on any atom is 0.330 e. The van der Waals surface area contributed by atoms with Crippen LogP contribution in [-0.2, 0) is 40.4 Å². The molecule has 363 valence electrons. The van der Waals surface area contributed by atoms with Crippen molar-refractivity contribution in [3.8, 4) is 29.0 Å². The fourth-order valence-electron chi connectivity index (χ4n) is 9.81. The Kier molecular flexibility index (Phi) is 14.4. The molecule has 1 radical (unpaired) electrons. The first-order valence-electron chi connectivity index (χ1n) is 23.2. The monoisotopic (exact) mass is 958 g/mol. The average molecular weight is 959 g/mol. The number of H-pyrrole nitrogens is 2. The molecule has 16 nitrogen and oxygen atoms in total. The van der Waals surface area contributed by atoms with Crippen LogP contribution in [0, 0.1) is 11.3 Å². The van der Waals surface area contributed by atoms with Crippen LogP contribution in [0.25, 0.3) is 22.4 Å². The number of hydrogen-bond acceptors (Lipinski definition) is 12. The number of methoxy groups -OCH3 is 2. The van der Waals surface area contributed by atoms with E-state index in [0.29, 0.717) is 22.5 Å². The fraction of sp³-hybridized carbons (Fsp3) is 0.423. The van der Waals surface area contributed by atoms with Crippen LogP contribution in [0.15, 0.2) is 107 Å². The Labute approximate surface area is 403 Å². The van der Waals surface area contributed by atoms with Crippen LogP contribution < -0.4 is 20.7 Å². The van der Waals surface area contributed by atoms with Crippen molar-refractivity contribution in [1.29, 1.82) is 5.26 Å². The minimum absolute atomic E-state index is 0.00707. The van der Waals surface area contributed by atoms with E-state index in [4.69, 9.17) is 33.0 Å². The summed E-state index contributed by atoms with van der Waals surface area (Å²) in [5.41, 5.74) is 1.39. The molecule has 0 amide bonds. The van der Waals surface area contributed by atoms with Crippen molar-refractivity contribution in [2.24, 2.45) is 0 Å². The second kappa shape index (κ2) is 19.9. The number of hydrogen-bond donors (Lipinski definition) is 2. The van der Waals surface area contributed by atoms with Crippen LogP contribution >= 0.6 is 8.53 Å². The Hall–Kier alpha value is -5.73. The maximum absolute atomic E-state index is 14.0. The number of aromatic amines is 2. The zero-order chi connectivity index (χ0) is 49.4. The van der Waals surface area contributed by atoms with E-state index in [2.05, 4.69) is 48.4 Å². The molecule has 2 aromatic heterocycles. The van der Waals surface area contributed by atoms with Gasteiger partial charge in [-0.2, -0.15) is 5.26 Å². The molecule has 2 aliphatic heterocycles. The Morgan fingerprint density at radius 3 is 2.01 bits per heavy atom. The van der Waals surface area contributed by atoms with Gasteiger partial charge >= 0.3 is 5.69 Å². The van der Waals surface area contributed by atoms with Crippen LogP contribution in [0.4, 0.5) is 0 Å². The van der Waals surface area contributed by atoms with E-state index in [-0.39, 0.29) is 49.5 Å². The molecular formula is C52H61N7O9P. The van der Waals surface area contributed by atoms with E-state index in [1.54, 1.807) is 14.2 Å². The van der Waals surface area contributed by atoms with Gasteiger partial charge in [0.25, 0.3) is 14.1 Å². The van der Waals surface area contributed by atoms with Crippen LogP contribution in [-0.4, -0.2) is 81.0 Å². The van der Waals surface area contributed by atoms with E-state index in [9.17, 15) is 20.1 Å². The van der Waals surface area contributed by atoms with Gasteiger partial charge in [-0.15, -0.1) is 10.3 Å². The van der Waals surface area contributed by atoms with Crippen molar-refractivity contribution >= 4 is 19.6 Å². The molecule has 2 N–H and O–H groups in total. The first-order valence-corrected chi connectivity index (χ1v) is 24.3. The van der Waals surface area contributed by atoms with Gasteiger partial charge in [0.1, 0.15) is 35.3 Å².